The van der Waals surface area contributed by atoms with Gasteiger partial charge in [-0.05, 0) is 30.9 Å². The predicted octanol–water partition coefficient (Wildman–Crippen LogP) is 3.87. The molecule has 11 heteroatoms. The van der Waals surface area contributed by atoms with Gasteiger partial charge >= 0.3 is 6.18 Å². The fourth-order valence-electron chi connectivity index (χ4n) is 2.70. The van der Waals surface area contributed by atoms with Crippen molar-refractivity contribution in [2.24, 2.45) is 4.99 Å². The zero-order valence-corrected chi connectivity index (χ0v) is 19.0. The molecule has 2 heterocycles. The lowest BCUT2D eigenvalue weighted by molar-refractivity contribution is -0.137. The Morgan fingerprint density at radius 2 is 2.22 bits per heavy atom. The molecule has 5 nitrogen and oxygen atoms in total. The lowest BCUT2D eigenvalue weighted by Crippen LogP contribution is -2.45. The van der Waals surface area contributed by atoms with Crippen LogP contribution in [0.3, 0.4) is 0 Å². The summed E-state index contributed by atoms with van der Waals surface area (Å²) in [6, 6.07) is 1.05. The van der Waals surface area contributed by atoms with E-state index in [0.717, 1.165) is 43.4 Å². The van der Waals surface area contributed by atoms with Gasteiger partial charge in [-0.2, -0.15) is 24.9 Å². The maximum absolute atomic E-state index is 12.7. The summed E-state index contributed by atoms with van der Waals surface area (Å²) in [6.45, 7) is 2.10. The van der Waals surface area contributed by atoms with Crippen LogP contribution in [0.2, 0.25) is 5.02 Å². The number of aromatic nitrogens is 1. The molecule has 0 aliphatic carbocycles. The van der Waals surface area contributed by atoms with E-state index in [1.54, 1.807) is 18.8 Å². The smallest absolute Gasteiger partial charge is 0.356 e. The van der Waals surface area contributed by atoms with E-state index in [9.17, 15) is 13.2 Å². The quantitative estimate of drug-likeness (QED) is 0.250. The van der Waals surface area contributed by atoms with Crippen molar-refractivity contribution >= 4 is 59.1 Å². The molecule has 27 heavy (non-hydrogen) atoms. The largest absolute Gasteiger partial charge is 0.417 e. The zero-order chi connectivity index (χ0) is 19.2. The SMILES string of the molecule is CN=C(NCCCSC)NC1CCN(c2ncc(C(F)(F)F)cc2Cl)C1.I. The van der Waals surface area contributed by atoms with Crippen LogP contribution in [0.25, 0.3) is 0 Å². The summed E-state index contributed by atoms with van der Waals surface area (Å²) in [4.78, 5) is 10.0. The molecule has 1 aromatic heterocycles. The molecule has 0 saturated carbocycles. The molecule has 0 aromatic carbocycles. The number of pyridine rings is 1. The first-order valence-electron chi connectivity index (χ1n) is 8.29. The molecule has 2 N–H and O–H groups in total. The number of halogens is 5. The van der Waals surface area contributed by atoms with Crippen molar-refractivity contribution in [2.45, 2.75) is 25.1 Å². The van der Waals surface area contributed by atoms with E-state index in [1.807, 2.05) is 4.90 Å². The van der Waals surface area contributed by atoms with Crippen LogP contribution in [-0.2, 0) is 6.18 Å². The highest BCUT2D eigenvalue weighted by Crippen LogP contribution is 2.34. The minimum Gasteiger partial charge on any atom is -0.356 e. The maximum atomic E-state index is 12.7. The standard InChI is InChI=1S/C16H23ClF3N5S.HI/c1-21-15(22-5-3-7-26-2)24-12-4-6-25(10-12)14-13(17)8-11(9-23-14)16(18,19)20;/h8-9,12H,3-7,10H2,1-2H3,(H2,21,22,24);1H. The van der Waals surface area contributed by atoms with Crippen molar-refractivity contribution in [2.75, 3.05) is 43.6 Å². The average Bonchev–Trinajstić information content (AvgIpc) is 3.05. The van der Waals surface area contributed by atoms with Crippen LogP contribution >= 0.6 is 47.3 Å². The topological polar surface area (TPSA) is 52.6 Å². The van der Waals surface area contributed by atoms with E-state index >= 15 is 0 Å². The number of thioether (sulfide) groups is 1. The molecule has 154 valence electrons. The predicted molar refractivity (Wildman–Crippen MR) is 118 cm³/mol. The Kier molecular flexibility index (Phi) is 10.3. The average molecular weight is 538 g/mol. The Balaban J connectivity index is 0.00000364. The second-order valence-corrected chi connectivity index (χ2v) is 7.34. The van der Waals surface area contributed by atoms with E-state index in [4.69, 9.17) is 11.6 Å². The van der Waals surface area contributed by atoms with Crippen LogP contribution in [0, 0.1) is 0 Å². The maximum Gasteiger partial charge on any atom is 0.417 e. The molecule has 1 saturated heterocycles. The molecule has 1 unspecified atom stereocenters. The van der Waals surface area contributed by atoms with Crippen molar-refractivity contribution in [1.82, 2.24) is 15.6 Å². The van der Waals surface area contributed by atoms with Crippen molar-refractivity contribution in [3.8, 4) is 0 Å². The van der Waals surface area contributed by atoms with E-state index in [1.165, 1.54) is 0 Å². The molecule has 1 aliphatic heterocycles. The van der Waals surface area contributed by atoms with Gasteiger partial charge in [0.1, 0.15) is 5.82 Å². The molecule has 0 bridgehead atoms. The number of alkyl halides is 3. The van der Waals surface area contributed by atoms with Crippen LogP contribution < -0.4 is 15.5 Å². The summed E-state index contributed by atoms with van der Waals surface area (Å²) in [5.74, 6) is 2.19. The highest BCUT2D eigenvalue weighted by Gasteiger charge is 2.33. The van der Waals surface area contributed by atoms with E-state index < -0.39 is 11.7 Å². The van der Waals surface area contributed by atoms with Gasteiger partial charge in [0.25, 0.3) is 0 Å². The Bertz CT molecular complexity index is 633. The highest BCUT2D eigenvalue weighted by atomic mass is 127. The van der Waals surface area contributed by atoms with Crippen LogP contribution in [-0.4, -0.2) is 55.7 Å². The first-order chi connectivity index (χ1) is 12.3. The second-order valence-electron chi connectivity index (χ2n) is 5.95. The minimum atomic E-state index is -4.45. The van der Waals surface area contributed by atoms with Gasteiger partial charge in [-0.1, -0.05) is 11.6 Å². The Labute approximate surface area is 183 Å². The summed E-state index contributed by atoms with van der Waals surface area (Å²) in [5, 5.41) is 6.61. The highest BCUT2D eigenvalue weighted by molar-refractivity contribution is 14.0. The van der Waals surface area contributed by atoms with Crippen LogP contribution in [0.5, 0.6) is 0 Å². The molecule has 0 amide bonds. The van der Waals surface area contributed by atoms with Crippen molar-refractivity contribution < 1.29 is 13.2 Å². The van der Waals surface area contributed by atoms with Gasteiger partial charge in [0.2, 0.25) is 0 Å². The molecule has 0 spiro atoms. The number of nitrogens with one attached hydrogen (secondary N) is 2. The molecule has 1 atom stereocenters. The lowest BCUT2D eigenvalue weighted by Gasteiger charge is -2.21. The fourth-order valence-corrected chi connectivity index (χ4v) is 3.42. The van der Waals surface area contributed by atoms with Crippen molar-refractivity contribution in [3.05, 3.63) is 22.8 Å². The lowest BCUT2D eigenvalue weighted by atomic mass is 10.2. The van der Waals surface area contributed by atoms with Gasteiger partial charge in [-0.15, -0.1) is 24.0 Å². The summed E-state index contributed by atoms with van der Waals surface area (Å²) < 4.78 is 38.2. The van der Waals surface area contributed by atoms with Gasteiger partial charge in [0, 0.05) is 38.9 Å². The first kappa shape index (κ1) is 24.4. The molecule has 0 radical (unpaired) electrons. The number of anilines is 1. The first-order valence-corrected chi connectivity index (χ1v) is 10.1. The summed E-state index contributed by atoms with van der Waals surface area (Å²) in [7, 11) is 1.71. The van der Waals surface area contributed by atoms with E-state index in [2.05, 4.69) is 26.9 Å². The Hall–Kier alpha value is -0.620. The number of hydrogen-bond donors (Lipinski definition) is 2. The third-order valence-electron chi connectivity index (χ3n) is 4.02. The molecular weight excluding hydrogens is 514 g/mol. The van der Waals surface area contributed by atoms with E-state index in [0.29, 0.717) is 18.9 Å². The normalized spacial score (nSPS) is 17.6. The number of hydrogen-bond acceptors (Lipinski definition) is 4. The second kappa shape index (κ2) is 11.4. The third-order valence-corrected chi connectivity index (χ3v) is 4.99. The van der Waals surface area contributed by atoms with Gasteiger partial charge in [-0.3, -0.25) is 4.99 Å². The number of guanidine groups is 1. The number of aliphatic imine (C=N–C) groups is 1. The molecule has 1 aliphatic rings. The molecule has 1 aromatic rings. The monoisotopic (exact) mass is 537 g/mol. The van der Waals surface area contributed by atoms with Crippen LogP contribution in [0.1, 0.15) is 18.4 Å². The summed E-state index contributed by atoms with van der Waals surface area (Å²) >= 11 is 7.83. The van der Waals surface area contributed by atoms with Crippen LogP contribution in [0.15, 0.2) is 17.3 Å². The molecular formula is C16H24ClF3IN5S. The number of rotatable bonds is 6. The zero-order valence-electron chi connectivity index (χ0n) is 15.1. The Morgan fingerprint density at radius 1 is 1.48 bits per heavy atom. The molecule has 2 rings (SSSR count). The third kappa shape index (κ3) is 7.37. The summed E-state index contributed by atoms with van der Waals surface area (Å²) in [5.41, 5.74) is -0.838. The van der Waals surface area contributed by atoms with Crippen LogP contribution in [0.4, 0.5) is 19.0 Å². The summed E-state index contributed by atoms with van der Waals surface area (Å²) in [6.07, 6.45) is 0.321. The van der Waals surface area contributed by atoms with Crippen molar-refractivity contribution in [3.63, 3.8) is 0 Å². The van der Waals surface area contributed by atoms with E-state index in [-0.39, 0.29) is 35.0 Å². The van der Waals surface area contributed by atoms with Gasteiger partial charge < -0.3 is 15.5 Å². The van der Waals surface area contributed by atoms with Gasteiger partial charge in [0.05, 0.1) is 10.6 Å². The van der Waals surface area contributed by atoms with Gasteiger partial charge in [0.15, 0.2) is 5.96 Å². The van der Waals surface area contributed by atoms with Gasteiger partial charge in [-0.25, -0.2) is 4.98 Å². The fraction of sp³-hybridized carbons (Fsp3) is 0.625. The molecule has 1 fully saturated rings. The minimum absolute atomic E-state index is 0. The number of nitrogens with zero attached hydrogens (tertiary/aromatic N) is 3. The Morgan fingerprint density at radius 3 is 2.81 bits per heavy atom. The van der Waals surface area contributed by atoms with Crippen molar-refractivity contribution in [1.29, 1.82) is 0 Å².